The average molecular weight is 253 g/mol. The van der Waals surface area contributed by atoms with Crippen LogP contribution in [0.2, 0.25) is 0 Å². The van der Waals surface area contributed by atoms with E-state index in [2.05, 4.69) is 5.32 Å². The molecule has 2 N–H and O–H groups in total. The van der Waals surface area contributed by atoms with Gasteiger partial charge in [-0.1, -0.05) is 0 Å². The fraction of sp³-hybridized carbons (Fsp3) is 0.462. The molecule has 0 aromatic heterocycles. The number of halogens is 1. The molecule has 0 bridgehead atoms. The summed E-state index contributed by atoms with van der Waals surface area (Å²) in [5, 5.41) is 12.0. The molecule has 1 aromatic rings. The van der Waals surface area contributed by atoms with Gasteiger partial charge < -0.3 is 15.2 Å². The number of nitrogens with one attached hydrogen (secondary N) is 1. The minimum Gasteiger partial charge on any atom is -0.478 e. The van der Waals surface area contributed by atoms with Crippen LogP contribution in [-0.4, -0.2) is 30.3 Å². The van der Waals surface area contributed by atoms with E-state index in [0.29, 0.717) is 12.2 Å². The van der Waals surface area contributed by atoms with Gasteiger partial charge in [0.2, 0.25) is 0 Å². The van der Waals surface area contributed by atoms with Gasteiger partial charge in [-0.25, -0.2) is 9.18 Å². The molecule has 1 atom stereocenters. The van der Waals surface area contributed by atoms with Gasteiger partial charge in [0.25, 0.3) is 0 Å². The predicted octanol–water partition coefficient (Wildman–Crippen LogP) is 2.50. The minimum atomic E-state index is -1.14. The highest BCUT2D eigenvalue weighted by Gasteiger charge is 2.16. The molecule has 0 saturated carbocycles. The van der Waals surface area contributed by atoms with Crippen LogP contribution in [0.3, 0.4) is 0 Å². The van der Waals surface area contributed by atoms with E-state index in [0.717, 1.165) is 31.9 Å². The summed E-state index contributed by atoms with van der Waals surface area (Å²) in [6.45, 7) is 1.30. The molecule has 1 unspecified atom stereocenters. The van der Waals surface area contributed by atoms with Crippen LogP contribution in [0.25, 0.3) is 0 Å². The van der Waals surface area contributed by atoms with Crippen molar-refractivity contribution in [1.82, 2.24) is 0 Å². The van der Waals surface area contributed by atoms with Crippen LogP contribution >= 0.6 is 0 Å². The van der Waals surface area contributed by atoms with Crippen molar-refractivity contribution in [2.45, 2.75) is 25.4 Å². The van der Waals surface area contributed by atoms with Crippen molar-refractivity contribution in [3.05, 3.63) is 29.6 Å². The van der Waals surface area contributed by atoms with Gasteiger partial charge >= 0.3 is 5.97 Å². The first-order valence-electron chi connectivity index (χ1n) is 6.05. The standard InChI is InChI=1S/C13H16FNO3/c14-9-4-5-12(11(7-9)13(16)17)15-8-10-3-1-2-6-18-10/h4-5,7,10,15H,1-3,6,8H2,(H,16,17). The third-order valence-corrected chi connectivity index (χ3v) is 3.01. The lowest BCUT2D eigenvalue weighted by atomic mass is 10.1. The number of carboxylic acid groups (broad SMARTS) is 1. The molecule has 0 aliphatic carbocycles. The molecule has 98 valence electrons. The van der Waals surface area contributed by atoms with Crippen LogP contribution in [-0.2, 0) is 4.74 Å². The fourth-order valence-electron chi connectivity index (χ4n) is 2.04. The number of rotatable bonds is 4. The Balaban J connectivity index is 2.01. The summed E-state index contributed by atoms with van der Waals surface area (Å²) in [6, 6.07) is 3.71. The van der Waals surface area contributed by atoms with Gasteiger partial charge in [0.15, 0.2) is 0 Å². The molecule has 1 aliphatic heterocycles. The fourth-order valence-corrected chi connectivity index (χ4v) is 2.04. The van der Waals surface area contributed by atoms with E-state index in [1.54, 1.807) is 0 Å². The smallest absolute Gasteiger partial charge is 0.337 e. The quantitative estimate of drug-likeness (QED) is 0.865. The molecule has 4 nitrogen and oxygen atoms in total. The van der Waals surface area contributed by atoms with Gasteiger partial charge in [-0.15, -0.1) is 0 Å². The lowest BCUT2D eigenvalue weighted by Gasteiger charge is -2.23. The number of carboxylic acids is 1. The molecule has 1 saturated heterocycles. The normalized spacial score (nSPS) is 19.5. The van der Waals surface area contributed by atoms with Gasteiger partial charge in [0.1, 0.15) is 5.82 Å². The van der Waals surface area contributed by atoms with Gasteiger partial charge in [-0.05, 0) is 37.5 Å². The maximum absolute atomic E-state index is 13.0. The second-order valence-electron chi connectivity index (χ2n) is 4.36. The van der Waals surface area contributed by atoms with Crippen LogP contribution in [0.15, 0.2) is 18.2 Å². The van der Waals surface area contributed by atoms with Crippen LogP contribution in [0.1, 0.15) is 29.6 Å². The van der Waals surface area contributed by atoms with Crippen LogP contribution in [0, 0.1) is 5.82 Å². The van der Waals surface area contributed by atoms with Crippen LogP contribution < -0.4 is 5.32 Å². The van der Waals surface area contributed by atoms with Crippen molar-refractivity contribution in [2.24, 2.45) is 0 Å². The van der Waals surface area contributed by atoms with Crippen molar-refractivity contribution in [3.8, 4) is 0 Å². The summed E-state index contributed by atoms with van der Waals surface area (Å²) >= 11 is 0. The van der Waals surface area contributed by atoms with E-state index in [9.17, 15) is 9.18 Å². The lowest BCUT2D eigenvalue weighted by Crippen LogP contribution is -2.27. The van der Waals surface area contributed by atoms with Gasteiger partial charge in [-0.3, -0.25) is 0 Å². The molecule has 0 amide bonds. The summed E-state index contributed by atoms with van der Waals surface area (Å²) in [7, 11) is 0. The number of hydrogen-bond acceptors (Lipinski definition) is 3. The molecule has 1 aliphatic rings. The zero-order valence-electron chi connectivity index (χ0n) is 9.99. The highest BCUT2D eigenvalue weighted by atomic mass is 19.1. The third kappa shape index (κ3) is 3.20. The number of carbonyl (C=O) groups is 1. The molecule has 0 spiro atoms. The summed E-state index contributed by atoms with van der Waals surface area (Å²) in [5.74, 6) is -1.69. The Hall–Kier alpha value is -1.62. The molecule has 5 heteroatoms. The first-order chi connectivity index (χ1) is 8.66. The van der Waals surface area contributed by atoms with Crippen molar-refractivity contribution in [3.63, 3.8) is 0 Å². The van der Waals surface area contributed by atoms with Gasteiger partial charge in [0, 0.05) is 18.8 Å². The van der Waals surface area contributed by atoms with Crippen molar-refractivity contribution in [2.75, 3.05) is 18.5 Å². The summed E-state index contributed by atoms with van der Waals surface area (Å²) in [6.07, 6.45) is 3.27. The number of aromatic carboxylic acids is 1. The Bertz CT molecular complexity index is 430. The van der Waals surface area contributed by atoms with Crippen LogP contribution in [0.5, 0.6) is 0 Å². The largest absolute Gasteiger partial charge is 0.478 e. The average Bonchev–Trinajstić information content (AvgIpc) is 2.38. The molecule has 2 rings (SSSR count). The molecular formula is C13H16FNO3. The lowest BCUT2D eigenvalue weighted by molar-refractivity contribution is 0.0247. The first kappa shape index (κ1) is 12.8. The number of hydrogen-bond donors (Lipinski definition) is 2. The van der Waals surface area contributed by atoms with Crippen molar-refractivity contribution in [1.29, 1.82) is 0 Å². The Morgan fingerprint density at radius 3 is 3.00 bits per heavy atom. The highest BCUT2D eigenvalue weighted by molar-refractivity contribution is 5.94. The zero-order chi connectivity index (χ0) is 13.0. The summed E-state index contributed by atoms with van der Waals surface area (Å²) in [4.78, 5) is 11.0. The first-order valence-corrected chi connectivity index (χ1v) is 6.05. The number of benzene rings is 1. The zero-order valence-corrected chi connectivity index (χ0v) is 9.99. The van der Waals surface area contributed by atoms with Gasteiger partial charge in [0.05, 0.1) is 11.7 Å². The van der Waals surface area contributed by atoms with Crippen molar-refractivity contribution < 1.29 is 19.0 Å². The Labute approximate surface area is 105 Å². The second kappa shape index (κ2) is 5.82. The van der Waals surface area contributed by atoms with Crippen LogP contribution in [0.4, 0.5) is 10.1 Å². The monoisotopic (exact) mass is 253 g/mol. The Morgan fingerprint density at radius 2 is 2.33 bits per heavy atom. The maximum Gasteiger partial charge on any atom is 0.337 e. The van der Waals surface area contributed by atoms with E-state index >= 15 is 0 Å². The van der Waals surface area contributed by atoms with E-state index < -0.39 is 11.8 Å². The topological polar surface area (TPSA) is 58.6 Å². The van der Waals surface area contributed by atoms with E-state index in [4.69, 9.17) is 9.84 Å². The Kier molecular flexibility index (Phi) is 4.15. The Morgan fingerprint density at radius 1 is 1.50 bits per heavy atom. The molecule has 1 heterocycles. The molecule has 18 heavy (non-hydrogen) atoms. The maximum atomic E-state index is 13.0. The number of anilines is 1. The van der Waals surface area contributed by atoms with Gasteiger partial charge in [-0.2, -0.15) is 0 Å². The number of ether oxygens (including phenoxy) is 1. The predicted molar refractivity (Wildman–Crippen MR) is 65.4 cm³/mol. The molecule has 0 radical (unpaired) electrons. The van der Waals surface area contributed by atoms with E-state index in [1.165, 1.54) is 12.1 Å². The molecular weight excluding hydrogens is 237 g/mol. The van der Waals surface area contributed by atoms with Crippen molar-refractivity contribution >= 4 is 11.7 Å². The summed E-state index contributed by atoms with van der Waals surface area (Å²) < 4.78 is 18.5. The highest BCUT2D eigenvalue weighted by Crippen LogP contribution is 2.19. The third-order valence-electron chi connectivity index (χ3n) is 3.01. The SMILES string of the molecule is O=C(O)c1cc(F)ccc1NCC1CCCCO1. The second-order valence-corrected chi connectivity index (χ2v) is 4.36. The summed E-state index contributed by atoms with van der Waals surface area (Å²) in [5.41, 5.74) is 0.379. The van der Waals surface area contributed by atoms with E-state index in [1.807, 2.05) is 0 Å². The minimum absolute atomic E-state index is 0.0502. The van der Waals surface area contributed by atoms with E-state index in [-0.39, 0.29) is 11.7 Å². The molecule has 1 fully saturated rings. The molecule has 1 aromatic carbocycles.